The Balaban J connectivity index is 0.000000137. The monoisotopic (exact) mass is 696 g/mol. The van der Waals surface area contributed by atoms with E-state index in [9.17, 15) is 0 Å². The zero-order valence-electron chi connectivity index (χ0n) is 30.6. The van der Waals surface area contributed by atoms with Crippen molar-refractivity contribution < 1.29 is 14.2 Å². The normalized spacial score (nSPS) is 12.7. The summed E-state index contributed by atoms with van der Waals surface area (Å²) in [6.07, 6.45) is 7.79. The van der Waals surface area contributed by atoms with Gasteiger partial charge in [-0.3, -0.25) is 0 Å². The van der Waals surface area contributed by atoms with Gasteiger partial charge in [0.2, 0.25) is 0 Å². The van der Waals surface area contributed by atoms with E-state index in [2.05, 4.69) is 121 Å². The van der Waals surface area contributed by atoms with Crippen LogP contribution in [0.25, 0.3) is 27.5 Å². The molecule has 1 aliphatic rings. The molecular weight excluding hydrogens is 649 g/mol. The highest BCUT2D eigenvalue weighted by atomic mass is 16.5. The third-order valence-electron chi connectivity index (χ3n) is 8.38. The van der Waals surface area contributed by atoms with Crippen molar-refractivity contribution in [3.63, 3.8) is 0 Å². The van der Waals surface area contributed by atoms with Gasteiger partial charge in [0.25, 0.3) is 0 Å². The molecule has 0 amide bonds. The minimum absolute atomic E-state index is 0.266. The van der Waals surface area contributed by atoms with Gasteiger partial charge in [-0.1, -0.05) is 188 Å². The fraction of sp³-hybridized carbons (Fsp3) is 0.120. The van der Waals surface area contributed by atoms with Crippen LogP contribution in [-0.4, -0.2) is 19.8 Å². The molecule has 0 bridgehead atoms. The first-order chi connectivity index (χ1) is 26.2. The van der Waals surface area contributed by atoms with Crippen LogP contribution in [-0.2, 0) is 11.3 Å². The van der Waals surface area contributed by atoms with Gasteiger partial charge >= 0.3 is 0 Å². The van der Waals surface area contributed by atoms with Crippen LogP contribution < -0.4 is 9.47 Å². The summed E-state index contributed by atoms with van der Waals surface area (Å²) in [7, 11) is 1.68. The second kappa shape index (κ2) is 21.9. The molecule has 0 saturated carbocycles. The third-order valence-corrected chi connectivity index (χ3v) is 8.38. The van der Waals surface area contributed by atoms with Crippen molar-refractivity contribution in [1.29, 1.82) is 0 Å². The molecule has 0 radical (unpaired) electrons. The van der Waals surface area contributed by atoms with Crippen LogP contribution in [0.2, 0.25) is 0 Å². The smallest absolute Gasteiger partial charge is 0.119 e. The lowest BCUT2D eigenvalue weighted by Crippen LogP contribution is -2.10. The minimum atomic E-state index is 0.266. The van der Waals surface area contributed by atoms with E-state index in [1.807, 2.05) is 97.9 Å². The molecule has 0 fully saturated rings. The lowest BCUT2D eigenvalue weighted by Gasteiger charge is -2.16. The minimum Gasteiger partial charge on any atom is -0.497 e. The predicted molar refractivity (Wildman–Crippen MR) is 223 cm³/mol. The number of methoxy groups -OCH3 is 1. The Morgan fingerprint density at radius 2 is 1.02 bits per heavy atom. The standard InChI is InChI=1S/C14H16O.C13H12O.C12H10.C11H10O/c1-2-15-14-10-8-13(9-11-14)12-6-4-3-5-7-12;1-3-7-12(8-4-1)11-14-13-9-5-2-6-10-13;1-3-7-11(8-4-1)12-9-5-2-6-10-12;1-12-11-7-6-9-4-2-3-5-10(9)8-11/h3-10,14H,2,11H2,1H3;1-10H,11H2;1-10H;2-8H,1H3. The second-order valence-electron chi connectivity index (χ2n) is 12.1. The molecule has 0 saturated heterocycles. The molecule has 7 aromatic carbocycles. The molecule has 0 heterocycles. The van der Waals surface area contributed by atoms with Crippen LogP contribution >= 0.6 is 0 Å². The Bertz CT molecular complexity index is 2000. The number of fused-ring (bicyclic) bond motifs is 1. The maximum atomic E-state index is 5.59. The molecule has 1 unspecified atom stereocenters. The van der Waals surface area contributed by atoms with Crippen molar-refractivity contribution >= 4 is 16.3 Å². The molecule has 3 nitrogen and oxygen atoms in total. The Hall–Kier alpha value is -6.16. The van der Waals surface area contributed by atoms with Crippen LogP contribution in [0.1, 0.15) is 24.5 Å². The average molecular weight is 697 g/mol. The maximum Gasteiger partial charge on any atom is 0.119 e. The van der Waals surface area contributed by atoms with Crippen molar-refractivity contribution in [2.75, 3.05) is 13.7 Å². The van der Waals surface area contributed by atoms with Crippen LogP contribution in [0.3, 0.4) is 0 Å². The number of hydrogen-bond acceptors (Lipinski definition) is 3. The first-order valence-electron chi connectivity index (χ1n) is 18.1. The van der Waals surface area contributed by atoms with Gasteiger partial charge in [0, 0.05) is 6.61 Å². The molecule has 1 aliphatic carbocycles. The van der Waals surface area contributed by atoms with E-state index in [0.717, 1.165) is 24.5 Å². The number of rotatable bonds is 8. The van der Waals surface area contributed by atoms with Crippen LogP contribution in [0.15, 0.2) is 212 Å². The topological polar surface area (TPSA) is 27.7 Å². The molecule has 8 rings (SSSR count). The Morgan fingerprint density at radius 3 is 1.55 bits per heavy atom. The van der Waals surface area contributed by atoms with Gasteiger partial charge in [0.05, 0.1) is 13.2 Å². The Morgan fingerprint density at radius 1 is 0.509 bits per heavy atom. The fourth-order valence-electron chi connectivity index (χ4n) is 5.60. The van der Waals surface area contributed by atoms with E-state index in [4.69, 9.17) is 14.2 Å². The summed E-state index contributed by atoms with van der Waals surface area (Å²) in [4.78, 5) is 0. The summed E-state index contributed by atoms with van der Waals surface area (Å²) in [5.74, 6) is 1.82. The average Bonchev–Trinajstić information content (AvgIpc) is 3.25. The van der Waals surface area contributed by atoms with E-state index in [1.165, 1.54) is 38.6 Å². The number of para-hydroxylation sites is 1. The Labute approximate surface area is 315 Å². The summed E-state index contributed by atoms with van der Waals surface area (Å²) < 4.78 is 16.2. The van der Waals surface area contributed by atoms with Crippen molar-refractivity contribution in [3.8, 4) is 22.6 Å². The van der Waals surface area contributed by atoms with Crippen molar-refractivity contribution in [3.05, 3.63) is 223 Å². The lowest BCUT2D eigenvalue weighted by molar-refractivity contribution is 0.0980. The Kier molecular flexibility index (Phi) is 15.8. The van der Waals surface area contributed by atoms with E-state index in [0.29, 0.717) is 6.61 Å². The highest BCUT2D eigenvalue weighted by Gasteiger charge is 2.08. The molecule has 53 heavy (non-hydrogen) atoms. The van der Waals surface area contributed by atoms with E-state index in [-0.39, 0.29) is 6.10 Å². The molecule has 0 aliphatic heterocycles. The number of benzene rings is 7. The summed E-state index contributed by atoms with van der Waals surface area (Å²) in [5, 5.41) is 2.47. The summed E-state index contributed by atoms with van der Waals surface area (Å²) in [6.45, 7) is 3.44. The lowest BCUT2D eigenvalue weighted by atomic mass is 9.98. The molecule has 7 aromatic rings. The zero-order valence-corrected chi connectivity index (χ0v) is 30.6. The van der Waals surface area contributed by atoms with Crippen LogP contribution in [0.4, 0.5) is 0 Å². The first kappa shape index (κ1) is 38.1. The summed E-state index contributed by atoms with van der Waals surface area (Å²) in [6, 6.07) is 65.6. The van der Waals surface area contributed by atoms with E-state index in [1.54, 1.807) is 7.11 Å². The molecule has 3 heteroatoms. The first-order valence-corrected chi connectivity index (χ1v) is 18.1. The van der Waals surface area contributed by atoms with Gasteiger partial charge in [-0.25, -0.2) is 0 Å². The van der Waals surface area contributed by atoms with Crippen molar-refractivity contribution in [1.82, 2.24) is 0 Å². The molecule has 0 spiro atoms. The predicted octanol–water partition coefficient (Wildman–Crippen LogP) is 12.9. The van der Waals surface area contributed by atoms with Crippen LogP contribution in [0.5, 0.6) is 11.5 Å². The molecular formula is C50H48O3. The number of ether oxygens (including phenoxy) is 3. The maximum absolute atomic E-state index is 5.59. The van der Waals surface area contributed by atoms with Gasteiger partial charge in [-0.15, -0.1) is 0 Å². The van der Waals surface area contributed by atoms with Gasteiger partial charge in [0.15, 0.2) is 0 Å². The summed E-state index contributed by atoms with van der Waals surface area (Å²) >= 11 is 0. The highest BCUT2D eigenvalue weighted by molar-refractivity contribution is 5.83. The van der Waals surface area contributed by atoms with Gasteiger partial charge in [0.1, 0.15) is 18.1 Å². The van der Waals surface area contributed by atoms with Crippen molar-refractivity contribution in [2.24, 2.45) is 0 Å². The quantitative estimate of drug-likeness (QED) is 0.158. The highest BCUT2D eigenvalue weighted by Crippen LogP contribution is 2.23. The molecule has 0 N–H and O–H groups in total. The van der Waals surface area contributed by atoms with E-state index >= 15 is 0 Å². The van der Waals surface area contributed by atoms with Gasteiger partial charge in [-0.05, 0) is 76.2 Å². The van der Waals surface area contributed by atoms with Gasteiger partial charge in [-0.2, -0.15) is 0 Å². The number of allylic oxidation sites excluding steroid dienone is 2. The summed E-state index contributed by atoms with van der Waals surface area (Å²) in [5.41, 5.74) is 6.32. The fourth-order valence-corrected chi connectivity index (χ4v) is 5.60. The third kappa shape index (κ3) is 13.2. The number of hydrogen-bond donors (Lipinski definition) is 0. The second-order valence-corrected chi connectivity index (χ2v) is 12.1. The van der Waals surface area contributed by atoms with Crippen LogP contribution in [0, 0.1) is 0 Å². The SMILES string of the molecule is CCOC1C=CC(c2ccccc2)=CC1.COc1ccc2ccccc2c1.c1ccc(-c2ccccc2)cc1.c1ccc(COc2ccccc2)cc1. The molecule has 1 atom stereocenters. The largest absolute Gasteiger partial charge is 0.497 e. The molecule has 0 aromatic heterocycles. The van der Waals surface area contributed by atoms with Crippen molar-refractivity contribution in [2.45, 2.75) is 26.1 Å². The molecule has 266 valence electrons. The zero-order chi connectivity index (χ0) is 36.8. The van der Waals surface area contributed by atoms with Gasteiger partial charge < -0.3 is 14.2 Å². The van der Waals surface area contributed by atoms with E-state index < -0.39 is 0 Å².